The lowest BCUT2D eigenvalue weighted by Gasteiger charge is -2.10. The molecule has 0 atom stereocenters. The van der Waals surface area contributed by atoms with Crippen molar-refractivity contribution >= 4 is 27.6 Å². The van der Waals surface area contributed by atoms with Gasteiger partial charge in [0.1, 0.15) is 23.5 Å². The van der Waals surface area contributed by atoms with Gasteiger partial charge in [0.05, 0.1) is 17.2 Å². The van der Waals surface area contributed by atoms with Crippen LogP contribution in [0.4, 0.5) is 0 Å². The summed E-state index contributed by atoms with van der Waals surface area (Å²) in [5, 5.41) is 2.41. The summed E-state index contributed by atoms with van der Waals surface area (Å²) >= 11 is 0. The van der Waals surface area contributed by atoms with Crippen molar-refractivity contribution in [3.8, 4) is 28.6 Å². The molecule has 34 heavy (non-hydrogen) atoms. The molecule has 4 aromatic carbocycles. The largest absolute Gasteiger partial charge is 0.457 e. The molecule has 0 aliphatic rings. The molecule has 0 unspecified atom stereocenters. The van der Waals surface area contributed by atoms with Gasteiger partial charge in [-0.25, -0.2) is 0 Å². The maximum absolute atomic E-state index is 5.98. The summed E-state index contributed by atoms with van der Waals surface area (Å²) in [6.07, 6.45) is 3.58. The lowest BCUT2D eigenvalue weighted by Crippen LogP contribution is -2.00. The highest BCUT2D eigenvalue weighted by Gasteiger charge is 2.22. The SMILES string of the molecule is c1ccc(Oc2ccc(-c3nc4occn4c3-n3c4ccccc4c4ccccc43)cc2)cc1. The molecule has 0 aliphatic heterocycles. The molecule has 0 spiro atoms. The van der Waals surface area contributed by atoms with E-state index in [0.29, 0.717) is 5.84 Å². The van der Waals surface area contributed by atoms with Gasteiger partial charge in [-0.05, 0) is 48.5 Å². The maximum atomic E-state index is 5.98. The number of oxazole rings is 1. The van der Waals surface area contributed by atoms with Crippen molar-refractivity contribution in [3.63, 3.8) is 0 Å². The van der Waals surface area contributed by atoms with E-state index in [1.165, 1.54) is 10.8 Å². The standard InChI is InChI=1S/C29H19N3O2/c1-2-8-21(9-3-1)34-22-16-14-20(15-17-22)27-28(31-18-19-33-29(31)30-27)32-25-12-6-4-10-23(25)24-11-5-7-13-26(24)32/h1-19H. The van der Waals surface area contributed by atoms with E-state index in [0.717, 1.165) is 39.6 Å². The van der Waals surface area contributed by atoms with Gasteiger partial charge in [0.2, 0.25) is 0 Å². The normalized spacial score (nSPS) is 11.5. The topological polar surface area (TPSA) is 44.6 Å². The van der Waals surface area contributed by atoms with Crippen molar-refractivity contribution in [1.29, 1.82) is 0 Å². The summed E-state index contributed by atoms with van der Waals surface area (Å²) < 4.78 is 16.0. The molecule has 5 heteroatoms. The molecule has 0 bridgehead atoms. The Morgan fingerprint density at radius 2 is 1.26 bits per heavy atom. The average molecular weight is 441 g/mol. The van der Waals surface area contributed by atoms with Crippen molar-refractivity contribution in [2.24, 2.45) is 0 Å². The summed E-state index contributed by atoms with van der Waals surface area (Å²) in [6.45, 7) is 0. The molecule has 7 aromatic rings. The zero-order valence-electron chi connectivity index (χ0n) is 18.1. The van der Waals surface area contributed by atoms with E-state index in [1.54, 1.807) is 6.26 Å². The molecule has 0 saturated heterocycles. The number of fused-ring (bicyclic) bond motifs is 4. The van der Waals surface area contributed by atoms with Crippen LogP contribution in [0.2, 0.25) is 0 Å². The van der Waals surface area contributed by atoms with Crippen molar-refractivity contribution in [2.75, 3.05) is 0 Å². The van der Waals surface area contributed by atoms with E-state index >= 15 is 0 Å². The molecule has 0 N–H and O–H groups in total. The fourth-order valence-electron chi connectivity index (χ4n) is 4.64. The predicted octanol–water partition coefficient (Wildman–Crippen LogP) is 7.48. The summed E-state index contributed by atoms with van der Waals surface area (Å²) in [6, 6.07) is 34.7. The Hall–Kier alpha value is -4.77. The summed E-state index contributed by atoms with van der Waals surface area (Å²) in [4.78, 5) is 4.86. The molecule has 162 valence electrons. The summed E-state index contributed by atoms with van der Waals surface area (Å²) in [5.74, 6) is 3.08. The number of rotatable bonds is 4. The summed E-state index contributed by atoms with van der Waals surface area (Å²) in [7, 11) is 0. The smallest absolute Gasteiger partial charge is 0.308 e. The molecule has 7 rings (SSSR count). The minimum Gasteiger partial charge on any atom is -0.457 e. The molecule has 3 heterocycles. The number of nitrogens with zero attached hydrogens (tertiary/aromatic N) is 3. The monoisotopic (exact) mass is 441 g/mol. The Morgan fingerprint density at radius 3 is 1.97 bits per heavy atom. The van der Waals surface area contributed by atoms with Gasteiger partial charge in [0.15, 0.2) is 5.82 Å². The van der Waals surface area contributed by atoms with Crippen molar-refractivity contribution in [1.82, 2.24) is 14.0 Å². The first kappa shape index (κ1) is 18.8. The van der Waals surface area contributed by atoms with E-state index in [9.17, 15) is 0 Å². The molecule has 0 amide bonds. The highest BCUT2D eigenvalue weighted by atomic mass is 16.5. The van der Waals surface area contributed by atoms with Gasteiger partial charge < -0.3 is 9.15 Å². The Morgan fingerprint density at radius 1 is 0.647 bits per heavy atom. The van der Waals surface area contributed by atoms with Gasteiger partial charge in [0.25, 0.3) is 0 Å². The van der Waals surface area contributed by atoms with E-state index < -0.39 is 0 Å². The molecule has 0 aliphatic carbocycles. The number of ether oxygens (including phenoxy) is 1. The van der Waals surface area contributed by atoms with Crippen molar-refractivity contribution in [3.05, 3.63) is 116 Å². The van der Waals surface area contributed by atoms with Gasteiger partial charge in [-0.1, -0.05) is 54.6 Å². The number of imidazole rings is 1. The second-order valence-electron chi connectivity index (χ2n) is 8.15. The quantitative estimate of drug-likeness (QED) is 0.284. The third-order valence-electron chi connectivity index (χ3n) is 6.14. The molecule has 0 fully saturated rings. The van der Waals surface area contributed by atoms with Gasteiger partial charge in [0, 0.05) is 16.3 Å². The number of hydrogen-bond donors (Lipinski definition) is 0. The Kier molecular flexibility index (Phi) is 4.08. The second-order valence-corrected chi connectivity index (χ2v) is 8.15. The average Bonchev–Trinajstić information content (AvgIpc) is 3.57. The van der Waals surface area contributed by atoms with Gasteiger partial charge >= 0.3 is 5.84 Å². The zero-order chi connectivity index (χ0) is 22.5. The van der Waals surface area contributed by atoms with E-state index in [-0.39, 0.29) is 0 Å². The van der Waals surface area contributed by atoms with Crippen LogP contribution in [0, 0.1) is 0 Å². The molecule has 0 saturated carbocycles. The number of para-hydroxylation sites is 3. The van der Waals surface area contributed by atoms with Gasteiger partial charge in [-0.15, -0.1) is 0 Å². The van der Waals surface area contributed by atoms with E-state index in [1.807, 2.05) is 65.2 Å². The Balaban J connectivity index is 1.43. The highest BCUT2D eigenvalue weighted by molar-refractivity contribution is 6.09. The molecular weight excluding hydrogens is 422 g/mol. The fraction of sp³-hybridized carbons (Fsp3) is 0. The predicted molar refractivity (Wildman–Crippen MR) is 134 cm³/mol. The van der Waals surface area contributed by atoms with Crippen LogP contribution in [-0.4, -0.2) is 14.0 Å². The minimum atomic E-state index is 0.552. The van der Waals surface area contributed by atoms with Crippen LogP contribution in [0.25, 0.3) is 44.7 Å². The minimum absolute atomic E-state index is 0.552. The first-order valence-corrected chi connectivity index (χ1v) is 11.1. The van der Waals surface area contributed by atoms with E-state index in [2.05, 4.69) is 53.1 Å². The van der Waals surface area contributed by atoms with Crippen molar-refractivity contribution in [2.45, 2.75) is 0 Å². The first-order chi connectivity index (χ1) is 16.9. The van der Waals surface area contributed by atoms with Crippen molar-refractivity contribution < 1.29 is 9.15 Å². The lowest BCUT2D eigenvalue weighted by atomic mass is 10.1. The molecule has 0 radical (unpaired) electrons. The fourth-order valence-corrected chi connectivity index (χ4v) is 4.64. The lowest BCUT2D eigenvalue weighted by molar-refractivity contribution is 0.483. The molecule has 5 nitrogen and oxygen atoms in total. The number of benzene rings is 4. The highest BCUT2D eigenvalue weighted by Crippen LogP contribution is 2.37. The molecule has 3 aromatic heterocycles. The summed E-state index contributed by atoms with van der Waals surface area (Å²) in [5.41, 5.74) is 4.07. The third kappa shape index (κ3) is 2.84. The second kappa shape index (κ2) is 7.39. The van der Waals surface area contributed by atoms with Crippen LogP contribution in [-0.2, 0) is 0 Å². The van der Waals surface area contributed by atoms with Crippen LogP contribution in [0.3, 0.4) is 0 Å². The third-order valence-corrected chi connectivity index (χ3v) is 6.14. The maximum Gasteiger partial charge on any atom is 0.308 e. The van der Waals surface area contributed by atoms with Crippen LogP contribution >= 0.6 is 0 Å². The van der Waals surface area contributed by atoms with Gasteiger partial charge in [-0.2, -0.15) is 4.98 Å². The molecular formula is C29H19N3O2. The zero-order valence-corrected chi connectivity index (χ0v) is 18.1. The first-order valence-electron chi connectivity index (χ1n) is 11.1. The number of hydrogen-bond acceptors (Lipinski definition) is 3. The van der Waals surface area contributed by atoms with E-state index in [4.69, 9.17) is 14.1 Å². The Labute approximate surface area is 195 Å². The van der Waals surface area contributed by atoms with Crippen LogP contribution in [0.1, 0.15) is 0 Å². The van der Waals surface area contributed by atoms with Crippen LogP contribution < -0.4 is 4.74 Å². The van der Waals surface area contributed by atoms with Gasteiger partial charge in [-0.3, -0.25) is 8.97 Å². The Bertz CT molecular complexity index is 1720. The van der Waals surface area contributed by atoms with Crippen LogP contribution in [0.15, 0.2) is 120 Å². The van der Waals surface area contributed by atoms with Crippen LogP contribution in [0.5, 0.6) is 11.5 Å². The number of aromatic nitrogens is 3.